The van der Waals surface area contributed by atoms with Crippen molar-refractivity contribution >= 4 is 17.8 Å². The number of hydrogen-bond donors (Lipinski definition) is 3. The Morgan fingerprint density at radius 1 is 1.06 bits per heavy atom. The van der Waals surface area contributed by atoms with Crippen molar-refractivity contribution < 1.29 is 48.0 Å². The first-order valence-corrected chi connectivity index (χ1v) is 17.4. The summed E-state index contributed by atoms with van der Waals surface area (Å²) in [5.41, 5.74) is -2.16. The van der Waals surface area contributed by atoms with Gasteiger partial charge in [0.25, 0.3) is 0 Å². The summed E-state index contributed by atoms with van der Waals surface area (Å²) < 4.78 is 31.2. The van der Waals surface area contributed by atoms with Gasteiger partial charge < -0.3 is 49.2 Å². The molecule has 0 bridgehead atoms. The SMILES string of the molecule is CC[C@H]1OC(=O)C(C)C(=O)[C@H](C)[C@@H](OC2OC(CN(C)OC)CC(N(C)C)C2O)[C@](C)(OC)C[C@@H](C)CN[C@H](C)[C@H]2NC(=O)O[C@@]21CC. The van der Waals surface area contributed by atoms with Crippen LogP contribution in [0.25, 0.3) is 0 Å². The van der Waals surface area contributed by atoms with Crippen LogP contribution in [0.5, 0.6) is 0 Å². The molecule has 5 unspecified atom stereocenters. The molecule has 278 valence electrons. The van der Waals surface area contributed by atoms with Crippen molar-refractivity contribution in [2.24, 2.45) is 17.8 Å². The van der Waals surface area contributed by atoms with E-state index in [0.717, 1.165) is 0 Å². The number of alkyl carbamates (subject to hydrolysis) is 1. The Balaban J connectivity index is 2.04. The van der Waals surface area contributed by atoms with E-state index >= 15 is 0 Å². The average Bonchev–Trinajstić information content (AvgIpc) is 3.41. The molecule has 14 nitrogen and oxygen atoms in total. The van der Waals surface area contributed by atoms with Crippen LogP contribution < -0.4 is 10.6 Å². The lowest BCUT2D eigenvalue weighted by molar-refractivity contribution is -0.303. The Morgan fingerprint density at radius 3 is 2.29 bits per heavy atom. The molecular weight excluding hydrogens is 624 g/mol. The van der Waals surface area contributed by atoms with E-state index in [1.54, 1.807) is 33.3 Å². The number of carbonyl (C=O) groups is 3. The number of hydroxylamine groups is 2. The Bertz CT molecular complexity index is 1100. The number of methoxy groups -OCH3 is 1. The highest BCUT2D eigenvalue weighted by Gasteiger charge is 2.57. The molecule has 0 aromatic heterocycles. The van der Waals surface area contributed by atoms with E-state index in [9.17, 15) is 19.5 Å². The van der Waals surface area contributed by atoms with E-state index in [1.807, 2.05) is 46.7 Å². The molecule has 3 aliphatic heterocycles. The molecule has 3 rings (SSSR count). The highest BCUT2D eigenvalue weighted by Crippen LogP contribution is 2.39. The van der Waals surface area contributed by atoms with E-state index in [4.69, 9.17) is 28.5 Å². The molecule has 0 saturated carbocycles. The molecular formula is C34H62N4O10. The summed E-state index contributed by atoms with van der Waals surface area (Å²) in [5.74, 6) is -3.12. The lowest BCUT2D eigenvalue weighted by Crippen LogP contribution is -2.61. The third-order valence-corrected chi connectivity index (χ3v) is 10.8. The van der Waals surface area contributed by atoms with Gasteiger partial charge in [0.05, 0.1) is 37.5 Å². The monoisotopic (exact) mass is 686 g/mol. The molecule has 3 saturated heterocycles. The van der Waals surface area contributed by atoms with Crippen molar-refractivity contribution in [3.63, 3.8) is 0 Å². The van der Waals surface area contributed by atoms with Gasteiger partial charge in [0.2, 0.25) is 0 Å². The Labute approximate surface area is 286 Å². The first-order valence-electron chi connectivity index (χ1n) is 17.4. The molecule has 0 aromatic carbocycles. The first kappa shape index (κ1) is 40.5. The second-order valence-corrected chi connectivity index (χ2v) is 14.5. The fourth-order valence-corrected chi connectivity index (χ4v) is 7.82. The summed E-state index contributed by atoms with van der Waals surface area (Å²) in [6, 6.07) is -1.02. The van der Waals surface area contributed by atoms with Gasteiger partial charge in [-0.1, -0.05) is 27.7 Å². The number of likely N-dealkylation sites (N-methyl/N-ethyl adjacent to an activating group) is 2. The number of rotatable bonds is 9. The number of aliphatic hydroxyl groups is 1. The molecule has 3 fully saturated rings. The number of cyclic esters (lactones) is 1. The van der Waals surface area contributed by atoms with Gasteiger partial charge in [0.1, 0.15) is 18.1 Å². The zero-order chi connectivity index (χ0) is 36.1. The van der Waals surface area contributed by atoms with E-state index in [1.165, 1.54) is 6.92 Å². The molecule has 0 radical (unpaired) electrons. The largest absolute Gasteiger partial charge is 0.457 e. The minimum absolute atomic E-state index is 0.0112. The number of fused-ring (bicyclic) bond motifs is 1. The molecule has 0 aliphatic carbocycles. The summed E-state index contributed by atoms with van der Waals surface area (Å²) in [5, 5.41) is 19.7. The third-order valence-electron chi connectivity index (χ3n) is 10.8. The summed E-state index contributed by atoms with van der Waals surface area (Å²) in [6.07, 6.45) is -2.95. The Morgan fingerprint density at radius 2 is 1.73 bits per heavy atom. The van der Waals surface area contributed by atoms with Crippen LogP contribution in [-0.2, 0) is 38.1 Å². The molecule has 3 heterocycles. The van der Waals surface area contributed by atoms with Crippen LogP contribution in [-0.4, -0.2) is 141 Å². The number of carbonyl (C=O) groups excluding carboxylic acids is 3. The molecule has 48 heavy (non-hydrogen) atoms. The second-order valence-electron chi connectivity index (χ2n) is 14.5. The van der Waals surface area contributed by atoms with Crippen LogP contribution in [0.4, 0.5) is 4.79 Å². The van der Waals surface area contributed by atoms with Gasteiger partial charge in [-0.2, -0.15) is 5.06 Å². The molecule has 3 N–H and O–H groups in total. The minimum Gasteiger partial charge on any atom is -0.457 e. The first-order chi connectivity index (χ1) is 22.5. The molecule has 13 atom stereocenters. The van der Waals surface area contributed by atoms with Gasteiger partial charge in [-0.15, -0.1) is 0 Å². The minimum atomic E-state index is -1.16. The van der Waals surface area contributed by atoms with E-state index in [-0.39, 0.29) is 24.1 Å². The van der Waals surface area contributed by atoms with Crippen LogP contribution in [0.3, 0.4) is 0 Å². The zero-order valence-electron chi connectivity index (χ0n) is 31.1. The van der Waals surface area contributed by atoms with Crippen molar-refractivity contribution in [1.82, 2.24) is 20.6 Å². The van der Waals surface area contributed by atoms with Crippen molar-refractivity contribution in [2.75, 3.05) is 48.5 Å². The van der Waals surface area contributed by atoms with Crippen LogP contribution in [0.1, 0.15) is 74.1 Å². The van der Waals surface area contributed by atoms with Gasteiger partial charge in [0.15, 0.2) is 17.7 Å². The lowest BCUT2D eigenvalue weighted by Gasteiger charge is -2.47. The number of nitrogens with zero attached hydrogens (tertiary/aromatic N) is 2. The number of nitrogens with one attached hydrogen (secondary N) is 2. The molecule has 3 aliphatic rings. The number of Topliss-reactive ketones (excluding diaryl/α,β-unsaturated/α-hetero) is 1. The van der Waals surface area contributed by atoms with Crippen LogP contribution in [0.2, 0.25) is 0 Å². The van der Waals surface area contributed by atoms with Crippen LogP contribution >= 0.6 is 0 Å². The lowest BCUT2D eigenvalue weighted by atomic mass is 9.78. The zero-order valence-corrected chi connectivity index (χ0v) is 31.1. The standard InChI is InChI=1S/C34H62N4O10/c1-13-25-34(14-2)28(36-32(42)48-34)22(6)35-17-19(3)16-33(7,43-11)29(20(4)26(39)21(5)30(41)46-25)47-31-27(40)24(37(8)9)15-23(45-31)18-38(10)44-12/h19-25,27-29,31,35,40H,13-18H2,1-12H3,(H,36,42)/t19-,20+,21?,22-,23?,24?,25-,27?,28-,29-,31?,33-,34-/m1/s1. The van der Waals surface area contributed by atoms with Crippen molar-refractivity contribution in [3.8, 4) is 0 Å². The molecule has 0 aromatic rings. The number of ether oxygens (including phenoxy) is 5. The number of hydrogen-bond acceptors (Lipinski definition) is 13. The highest BCUT2D eigenvalue weighted by molar-refractivity contribution is 6.00. The average molecular weight is 687 g/mol. The smallest absolute Gasteiger partial charge is 0.408 e. The maximum absolute atomic E-state index is 14.2. The predicted octanol–water partition coefficient (Wildman–Crippen LogP) is 2.11. The number of amides is 1. The van der Waals surface area contributed by atoms with Gasteiger partial charge >= 0.3 is 12.1 Å². The number of ketones is 1. The topological polar surface area (TPSA) is 157 Å². The van der Waals surface area contributed by atoms with Crippen molar-refractivity contribution in [3.05, 3.63) is 0 Å². The highest BCUT2D eigenvalue weighted by atomic mass is 16.7. The quantitative estimate of drug-likeness (QED) is 0.184. The summed E-state index contributed by atoms with van der Waals surface area (Å²) in [4.78, 5) is 47.9. The van der Waals surface area contributed by atoms with Crippen LogP contribution in [0.15, 0.2) is 0 Å². The van der Waals surface area contributed by atoms with E-state index in [2.05, 4.69) is 17.6 Å². The summed E-state index contributed by atoms with van der Waals surface area (Å²) >= 11 is 0. The van der Waals surface area contributed by atoms with Gasteiger partial charge in [0, 0.05) is 32.2 Å². The van der Waals surface area contributed by atoms with Gasteiger partial charge in [-0.05, 0) is 73.0 Å². The fraction of sp³-hybridized carbons (Fsp3) is 0.912. The maximum Gasteiger partial charge on any atom is 0.408 e. The van der Waals surface area contributed by atoms with Gasteiger partial charge in [-0.25, -0.2) is 4.79 Å². The molecule has 0 spiro atoms. The normalized spacial score (nSPS) is 42.1. The van der Waals surface area contributed by atoms with Crippen molar-refractivity contribution in [1.29, 1.82) is 0 Å². The predicted molar refractivity (Wildman–Crippen MR) is 178 cm³/mol. The molecule has 1 amide bonds. The van der Waals surface area contributed by atoms with Crippen LogP contribution in [0, 0.1) is 17.8 Å². The summed E-state index contributed by atoms with van der Waals surface area (Å²) in [6.45, 7) is 13.9. The number of esters is 1. The third kappa shape index (κ3) is 8.68. The number of aliphatic hydroxyl groups excluding tert-OH is 1. The maximum atomic E-state index is 14.2. The summed E-state index contributed by atoms with van der Waals surface area (Å²) in [7, 11) is 8.73. The molecule has 14 heteroatoms. The van der Waals surface area contributed by atoms with E-state index < -0.39 is 71.5 Å². The van der Waals surface area contributed by atoms with Crippen molar-refractivity contribution in [2.45, 2.75) is 134 Å². The Hall–Kier alpha value is -1.91. The van der Waals surface area contributed by atoms with E-state index in [0.29, 0.717) is 38.8 Å². The fourth-order valence-electron chi connectivity index (χ4n) is 7.82. The second kappa shape index (κ2) is 16.9. The van der Waals surface area contributed by atoms with Gasteiger partial charge in [-0.3, -0.25) is 9.59 Å². The Kier molecular flexibility index (Phi) is 14.2.